The molecular weight excluding hydrogens is 432 g/mol. The van der Waals surface area contributed by atoms with Crippen LogP contribution >= 0.6 is 34.9 Å². The molecule has 1 aromatic carbocycles. The van der Waals surface area contributed by atoms with E-state index in [9.17, 15) is 0 Å². The maximum absolute atomic E-state index is 6.19. The van der Waals surface area contributed by atoms with Crippen LogP contribution in [0.2, 0.25) is 0 Å². The second-order valence-electron chi connectivity index (χ2n) is 8.07. The zero-order valence-corrected chi connectivity index (χ0v) is 20.6. The quantitative estimate of drug-likeness (QED) is 0.221. The van der Waals surface area contributed by atoms with Crippen LogP contribution in [-0.4, -0.2) is 27.9 Å². The van der Waals surface area contributed by atoms with Gasteiger partial charge in [-0.1, -0.05) is 44.7 Å². The highest BCUT2D eigenvalue weighted by Gasteiger charge is 2.33. The first-order chi connectivity index (χ1) is 14.4. The fourth-order valence-corrected chi connectivity index (χ4v) is 6.49. The average Bonchev–Trinajstić information content (AvgIpc) is 3.09. The number of thiophene rings is 1. The second kappa shape index (κ2) is 9.07. The lowest BCUT2D eigenvalue weighted by atomic mass is 9.90. The molecule has 0 saturated heterocycles. The van der Waals surface area contributed by atoms with E-state index >= 15 is 0 Å². The maximum atomic E-state index is 6.19. The molecule has 4 nitrogen and oxygen atoms in total. The first-order valence-corrected chi connectivity index (χ1v) is 13.0. The van der Waals surface area contributed by atoms with Crippen molar-refractivity contribution in [3.05, 3.63) is 40.3 Å². The Morgan fingerprint density at radius 1 is 1.23 bits per heavy atom. The fourth-order valence-electron chi connectivity index (χ4n) is 3.49. The summed E-state index contributed by atoms with van der Waals surface area (Å²) in [6.07, 6.45) is 1.93. The average molecular weight is 461 g/mol. The molecule has 7 heteroatoms. The van der Waals surface area contributed by atoms with Crippen molar-refractivity contribution in [1.82, 2.24) is 9.97 Å². The van der Waals surface area contributed by atoms with Crippen LogP contribution in [0.5, 0.6) is 5.75 Å². The predicted octanol–water partition coefficient (Wildman–Crippen LogP) is 6.73. The van der Waals surface area contributed by atoms with E-state index < -0.39 is 0 Å². The third-order valence-electron chi connectivity index (χ3n) is 5.41. The lowest BCUT2D eigenvalue weighted by Gasteiger charge is -2.33. The van der Waals surface area contributed by atoms with Gasteiger partial charge in [-0.25, -0.2) is 9.97 Å². The van der Waals surface area contributed by atoms with E-state index in [0.29, 0.717) is 11.9 Å². The summed E-state index contributed by atoms with van der Waals surface area (Å²) in [6.45, 7) is 9.46. The maximum Gasteiger partial charge on any atom is 0.190 e. The van der Waals surface area contributed by atoms with Crippen LogP contribution < -0.4 is 4.74 Å². The second-order valence-corrected chi connectivity index (χ2v) is 11.7. The van der Waals surface area contributed by atoms with Crippen LogP contribution in [0.25, 0.3) is 10.2 Å². The number of methoxy groups -OCH3 is 1. The van der Waals surface area contributed by atoms with Crippen LogP contribution in [0.15, 0.2) is 34.4 Å². The molecule has 0 fully saturated rings. The molecule has 160 valence electrons. The molecule has 1 aliphatic heterocycles. The Kier molecular flexibility index (Phi) is 6.63. The summed E-state index contributed by atoms with van der Waals surface area (Å²) in [7, 11) is 1.70. The molecule has 0 spiro atoms. The topological polar surface area (TPSA) is 44.2 Å². The van der Waals surface area contributed by atoms with Crippen LogP contribution in [0.1, 0.15) is 50.1 Å². The van der Waals surface area contributed by atoms with E-state index in [0.717, 1.165) is 39.4 Å². The third-order valence-corrected chi connectivity index (χ3v) is 8.42. The molecule has 30 heavy (non-hydrogen) atoms. The van der Waals surface area contributed by atoms with Crippen molar-refractivity contribution >= 4 is 45.1 Å². The number of fused-ring (bicyclic) bond motifs is 3. The van der Waals surface area contributed by atoms with Crippen molar-refractivity contribution in [3.8, 4) is 5.75 Å². The number of ether oxygens (including phenoxy) is 2. The van der Waals surface area contributed by atoms with Crippen molar-refractivity contribution in [2.24, 2.45) is 0 Å². The van der Waals surface area contributed by atoms with Gasteiger partial charge in [0.2, 0.25) is 0 Å². The highest BCUT2D eigenvalue weighted by atomic mass is 32.2. The molecule has 0 radical (unpaired) electrons. The molecule has 0 unspecified atom stereocenters. The molecular formula is C23H28N2O2S3. The van der Waals surface area contributed by atoms with Gasteiger partial charge in [-0.15, -0.1) is 23.1 Å². The number of thioether (sulfide) groups is 2. The van der Waals surface area contributed by atoms with E-state index in [2.05, 4.69) is 39.8 Å². The van der Waals surface area contributed by atoms with Crippen molar-refractivity contribution < 1.29 is 9.47 Å². The van der Waals surface area contributed by atoms with Gasteiger partial charge in [-0.05, 0) is 36.6 Å². The van der Waals surface area contributed by atoms with Gasteiger partial charge in [0.15, 0.2) is 5.16 Å². The van der Waals surface area contributed by atoms with Crippen molar-refractivity contribution in [1.29, 1.82) is 0 Å². The molecule has 0 amide bonds. The molecule has 0 bridgehead atoms. The highest BCUT2D eigenvalue weighted by molar-refractivity contribution is 8.00. The first kappa shape index (κ1) is 21.9. The number of rotatable bonds is 7. The Balaban J connectivity index is 1.72. The van der Waals surface area contributed by atoms with Gasteiger partial charge in [0.05, 0.1) is 19.3 Å². The van der Waals surface area contributed by atoms with Crippen molar-refractivity contribution in [2.45, 2.75) is 73.9 Å². The van der Waals surface area contributed by atoms with E-state index in [1.807, 2.05) is 12.1 Å². The Bertz CT molecular complexity index is 1030. The molecule has 1 atom stereocenters. The Morgan fingerprint density at radius 2 is 2.00 bits per heavy atom. The minimum absolute atomic E-state index is 0.107. The molecule has 1 aliphatic rings. The summed E-state index contributed by atoms with van der Waals surface area (Å²) in [5.41, 5.74) is 2.55. The largest absolute Gasteiger partial charge is 0.497 e. The molecule has 0 aliphatic carbocycles. The summed E-state index contributed by atoms with van der Waals surface area (Å²) in [5.74, 6) is 1.75. The van der Waals surface area contributed by atoms with Crippen LogP contribution in [0.4, 0.5) is 0 Å². The van der Waals surface area contributed by atoms with E-state index in [4.69, 9.17) is 19.4 Å². The van der Waals surface area contributed by atoms with Crippen LogP contribution in [0, 0.1) is 0 Å². The number of hydrogen-bond donors (Lipinski definition) is 0. The van der Waals surface area contributed by atoms with Gasteiger partial charge in [0, 0.05) is 27.7 Å². The standard InChI is InChI=1S/C23H28N2O2S3/c1-6-23(4)11-17-18(12-27-23)30-21-19(17)20(24-22(25-21)29-14(2)3)28-13-15-7-9-16(26-5)10-8-15/h7-10,14H,6,11-13H2,1-5H3/t23-/m1/s1. The Hall–Kier alpha value is -1.28. The summed E-state index contributed by atoms with van der Waals surface area (Å²) in [4.78, 5) is 12.3. The van der Waals surface area contributed by atoms with Gasteiger partial charge in [-0.3, -0.25) is 0 Å². The molecule has 2 aromatic heterocycles. The van der Waals surface area contributed by atoms with E-state index in [1.165, 1.54) is 21.4 Å². The monoisotopic (exact) mass is 460 g/mol. The SMILES string of the molecule is CC[C@]1(C)Cc2c(sc3nc(SC(C)C)nc(SCc4ccc(OC)cc4)c23)CO1. The van der Waals surface area contributed by atoms with Gasteiger partial charge in [0.1, 0.15) is 15.6 Å². The van der Waals surface area contributed by atoms with Gasteiger partial charge in [-0.2, -0.15) is 0 Å². The fraction of sp³-hybridized carbons (Fsp3) is 0.478. The van der Waals surface area contributed by atoms with Gasteiger partial charge in [0.25, 0.3) is 0 Å². The number of aromatic nitrogens is 2. The van der Waals surface area contributed by atoms with Crippen molar-refractivity contribution in [3.63, 3.8) is 0 Å². The molecule has 0 saturated carbocycles. The molecule has 3 heterocycles. The van der Waals surface area contributed by atoms with E-state index in [-0.39, 0.29) is 5.60 Å². The summed E-state index contributed by atoms with van der Waals surface area (Å²) in [6, 6.07) is 8.28. The van der Waals surface area contributed by atoms with E-state index in [1.54, 1.807) is 42.0 Å². The van der Waals surface area contributed by atoms with Crippen LogP contribution in [-0.2, 0) is 23.5 Å². The zero-order chi connectivity index (χ0) is 21.3. The number of hydrogen-bond acceptors (Lipinski definition) is 7. The summed E-state index contributed by atoms with van der Waals surface area (Å²) < 4.78 is 11.5. The van der Waals surface area contributed by atoms with Gasteiger partial charge >= 0.3 is 0 Å². The lowest BCUT2D eigenvalue weighted by molar-refractivity contribution is -0.0543. The minimum atomic E-state index is -0.107. The Morgan fingerprint density at radius 3 is 2.67 bits per heavy atom. The predicted molar refractivity (Wildman–Crippen MR) is 128 cm³/mol. The van der Waals surface area contributed by atoms with Crippen LogP contribution in [0.3, 0.4) is 0 Å². The number of benzene rings is 1. The zero-order valence-electron chi connectivity index (χ0n) is 18.2. The molecule has 0 N–H and O–H groups in total. The van der Waals surface area contributed by atoms with Gasteiger partial charge < -0.3 is 9.47 Å². The number of nitrogens with zero attached hydrogens (tertiary/aromatic N) is 2. The molecule has 3 aromatic rings. The Labute approximate surface area is 191 Å². The van der Waals surface area contributed by atoms with Crippen molar-refractivity contribution in [2.75, 3.05) is 7.11 Å². The first-order valence-electron chi connectivity index (χ1n) is 10.3. The normalized spacial score (nSPS) is 18.7. The summed E-state index contributed by atoms with van der Waals surface area (Å²) >= 11 is 5.30. The lowest BCUT2D eigenvalue weighted by Crippen LogP contribution is -2.33. The third kappa shape index (κ3) is 4.64. The molecule has 4 rings (SSSR count). The minimum Gasteiger partial charge on any atom is -0.497 e. The smallest absolute Gasteiger partial charge is 0.190 e. The summed E-state index contributed by atoms with van der Waals surface area (Å²) in [5, 5.41) is 3.65. The highest BCUT2D eigenvalue weighted by Crippen LogP contribution is 2.43.